The summed E-state index contributed by atoms with van der Waals surface area (Å²) in [4.78, 5) is 12.8. The van der Waals surface area contributed by atoms with Gasteiger partial charge in [-0.1, -0.05) is 37.3 Å². The van der Waals surface area contributed by atoms with Crippen molar-refractivity contribution in [3.63, 3.8) is 0 Å². The van der Waals surface area contributed by atoms with Crippen LogP contribution in [-0.4, -0.2) is 10.5 Å². The molecule has 0 bridgehead atoms. The standard InChI is InChI=1S/C18H19BrN2OS/c1-3-9-21-15(10-16-17(21)14(19)11-23-16)18(22)20-12(2)13-7-5-4-6-8-13/h4-8,10-12H,3,9H2,1-2H3,(H,20,22). The molecule has 23 heavy (non-hydrogen) atoms. The molecule has 1 N–H and O–H groups in total. The van der Waals surface area contributed by atoms with Crippen molar-refractivity contribution in [1.29, 1.82) is 0 Å². The quantitative estimate of drug-likeness (QED) is 0.624. The Balaban J connectivity index is 1.90. The molecule has 2 heterocycles. The summed E-state index contributed by atoms with van der Waals surface area (Å²) < 4.78 is 4.31. The van der Waals surface area contributed by atoms with Gasteiger partial charge in [-0.05, 0) is 40.9 Å². The van der Waals surface area contributed by atoms with Crippen molar-refractivity contribution in [3.05, 3.63) is 57.5 Å². The summed E-state index contributed by atoms with van der Waals surface area (Å²) in [5.41, 5.74) is 2.96. The van der Waals surface area contributed by atoms with Gasteiger partial charge in [0, 0.05) is 11.9 Å². The van der Waals surface area contributed by atoms with Crippen molar-refractivity contribution in [2.24, 2.45) is 0 Å². The summed E-state index contributed by atoms with van der Waals surface area (Å²) >= 11 is 5.26. The molecule has 3 aromatic rings. The zero-order valence-corrected chi connectivity index (χ0v) is 15.6. The van der Waals surface area contributed by atoms with Crippen LogP contribution in [0.1, 0.15) is 42.4 Å². The Bertz CT molecular complexity index is 822. The van der Waals surface area contributed by atoms with Gasteiger partial charge in [0.15, 0.2) is 0 Å². The molecule has 3 nitrogen and oxygen atoms in total. The lowest BCUT2D eigenvalue weighted by molar-refractivity contribution is 0.0931. The van der Waals surface area contributed by atoms with Crippen molar-refractivity contribution >= 4 is 43.4 Å². The lowest BCUT2D eigenvalue weighted by Gasteiger charge is -2.16. The number of halogens is 1. The van der Waals surface area contributed by atoms with Gasteiger partial charge in [0.2, 0.25) is 0 Å². The van der Waals surface area contributed by atoms with Crippen molar-refractivity contribution < 1.29 is 4.79 Å². The number of rotatable bonds is 5. The maximum Gasteiger partial charge on any atom is 0.268 e. The minimum atomic E-state index is -0.0231. The molecule has 120 valence electrons. The average molecular weight is 391 g/mol. The van der Waals surface area contributed by atoms with E-state index in [9.17, 15) is 4.79 Å². The van der Waals surface area contributed by atoms with E-state index in [0.717, 1.165) is 38.9 Å². The van der Waals surface area contributed by atoms with Crippen molar-refractivity contribution in [2.75, 3.05) is 0 Å². The van der Waals surface area contributed by atoms with Crippen LogP contribution >= 0.6 is 27.3 Å². The predicted octanol–water partition coefficient (Wildman–Crippen LogP) is 5.37. The Morgan fingerprint density at radius 2 is 2.09 bits per heavy atom. The number of nitrogens with one attached hydrogen (secondary N) is 1. The third-order valence-electron chi connectivity index (χ3n) is 3.90. The molecule has 0 aliphatic carbocycles. The van der Waals surface area contributed by atoms with E-state index in [-0.39, 0.29) is 11.9 Å². The number of hydrogen-bond acceptors (Lipinski definition) is 2. The van der Waals surface area contributed by atoms with Crippen molar-refractivity contribution in [1.82, 2.24) is 9.88 Å². The number of fused-ring (bicyclic) bond motifs is 1. The van der Waals surface area contributed by atoms with E-state index in [1.807, 2.05) is 43.3 Å². The highest BCUT2D eigenvalue weighted by atomic mass is 79.9. The lowest BCUT2D eigenvalue weighted by Crippen LogP contribution is -2.28. The van der Waals surface area contributed by atoms with E-state index in [0.29, 0.717) is 0 Å². The van der Waals surface area contributed by atoms with E-state index >= 15 is 0 Å². The predicted molar refractivity (Wildman–Crippen MR) is 100 cm³/mol. The number of amides is 1. The van der Waals surface area contributed by atoms with Crippen LogP contribution in [0.3, 0.4) is 0 Å². The van der Waals surface area contributed by atoms with Crippen molar-refractivity contribution in [3.8, 4) is 0 Å². The number of carbonyl (C=O) groups excluding carboxylic acids is 1. The molecule has 0 aliphatic rings. The third-order valence-corrected chi connectivity index (χ3v) is 5.73. The zero-order chi connectivity index (χ0) is 16.4. The van der Waals surface area contributed by atoms with Gasteiger partial charge in [-0.15, -0.1) is 11.3 Å². The van der Waals surface area contributed by atoms with Crippen molar-refractivity contribution in [2.45, 2.75) is 32.9 Å². The van der Waals surface area contributed by atoms with Gasteiger partial charge in [0.05, 0.1) is 20.7 Å². The monoisotopic (exact) mass is 390 g/mol. The Kier molecular flexibility index (Phi) is 4.87. The second-order valence-electron chi connectivity index (χ2n) is 5.58. The summed E-state index contributed by atoms with van der Waals surface area (Å²) in [6.07, 6.45) is 0.987. The van der Waals surface area contributed by atoms with Crippen LogP contribution in [-0.2, 0) is 6.54 Å². The molecule has 3 rings (SSSR count). The summed E-state index contributed by atoms with van der Waals surface area (Å²) in [5, 5.41) is 5.19. The number of hydrogen-bond donors (Lipinski definition) is 1. The number of aryl methyl sites for hydroxylation is 1. The first-order chi connectivity index (χ1) is 11.1. The van der Waals surface area contributed by atoms with Gasteiger partial charge in [0.25, 0.3) is 5.91 Å². The second-order valence-corrected chi connectivity index (χ2v) is 7.35. The lowest BCUT2D eigenvalue weighted by atomic mass is 10.1. The number of carbonyl (C=O) groups is 1. The molecule has 0 aliphatic heterocycles. The van der Waals surface area contributed by atoms with E-state index in [4.69, 9.17) is 0 Å². The van der Waals surface area contributed by atoms with Gasteiger partial charge in [-0.25, -0.2) is 0 Å². The Morgan fingerprint density at radius 3 is 2.78 bits per heavy atom. The topological polar surface area (TPSA) is 34.0 Å². The Morgan fingerprint density at radius 1 is 1.35 bits per heavy atom. The average Bonchev–Trinajstić information content (AvgIpc) is 3.09. The molecule has 0 saturated heterocycles. The molecule has 1 unspecified atom stereocenters. The van der Waals surface area contributed by atoms with E-state index in [2.05, 4.69) is 38.1 Å². The first-order valence-corrected chi connectivity index (χ1v) is 9.41. The second kappa shape index (κ2) is 6.89. The molecule has 1 aromatic carbocycles. The van der Waals surface area contributed by atoms with Gasteiger partial charge in [0.1, 0.15) is 5.69 Å². The smallest absolute Gasteiger partial charge is 0.268 e. The maximum atomic E-state index is 12.8. The Labute approximate surface area is 148 Å². The summed E-state index contributed by atoms with van der Waals surface area (Å²) in [6.45, 7) is 4.97. The summed E-state index contributed by atoms with van der Waals surface area (Å²) in [6, 6.07) is 12.0. The van der Waals surface area contributed by atoms with Crippen LogP contribution < -0.4 is 5.32 Å². The largest absolute Gasteiger partial charge is 0.344 e. The van der Waals surface area contributed by atoms with Gasteiger partial charge < -0.3 is 9.88 Å². The van der Waals surface area contributed by atoms with Crippen LogP contribution in [0, 0.1) is 0 Å². The third kappa shape index (κ3) is 3.21. The molecule has 1 amide bonds. The molecular formula is C18H19BrN2OS. The molecular weight excluding hydrogens is 372 g/mol. The van der Waals surface area contributed by atoms with Gasteiger partial charge >= 0.3 is 0 Å². The van der Waals surface area contributed by atoms with Crippen LogP contribution in [0.15, 0.2) is 46.3 Å². The number of thiophene rings is 1. The summed E-state index contributed by atoms with van der Waals surface area (Å²) in [5.74, 6) is -0.0231. The molecule has 5 heteroatoms. The van der Waals surface area contributed by atoms with Crippen LogP contribution in [0.4, 0.5) is 0 Å². The molecule has 1 atom stereocenters. The SMILES string of the molecule is CCCn1c(C(=O)NC(C)c2ccccc2)cc2scc(Br)c21. The minimum absolute atomic E-state index is 0.0184. The Hall–Kier alpha value is -1.59. The molecule has 0 fully saturated rings. The fourth-order valence-corrected chi connectivity index (χ4v) is 4.46. The van der Waals surface area contributed by atoms with Crippen LogP contribution in [0.5, 0.6) is 0 Å². The number of nitrogens with zero attached hydrogens (tertiary/aromatic N) is 1. The highest BCUT2D eigenvalue weighted by Gasteiger charge is 2.19. The highest BCUT2D eigenvalue weighted by Crippen LogP contribution is 2.33. The number of benzene rings is 1. The normalized spacial score (nSPS) is 12.5. The zero-order valence-electron chi connectivity index (χ0n) is 13.2. The maximum absolute atomic E-state index is 12.8. The highest BCUT2D eigenvalue weighted by molar-refractivity contribution is 9.10. The fourth-order valence-electron chi connectivity index (χ4n) is 2.77. The van der Waals surface area contributed by atoms with Crippen LogP contribution in [0.25, 0.3) is 10.2 Å². The number of aromatic nitrogens is 1. The van der Waals surface area contributed by atoms with Gasteiger partial charge in [-0.3, -0.25) is 4.79 Å². The van der Waals surface area contributed by atoms with E-state index in [1.165, 1.54) is 0 Å². The molecule has 0 radical (unpaired) electrons. The molecule has 0 spiro atoms. The summed E-state index contributed by atoms with van der Waals surface area (Å²) in [7, 11) is 0. The molecule has 0 saturated carbocycles. The first kappa shape index (κ1) is 16.3. The van der Waals surface area contributed by atoms with Crippen LogP contribution in [0.2, 0.25) is 0 Å². The molecule has 2 aromatic heterocycles. The van der Waals surface area contributed by atoms with E-state index < -0.39 is 0 Å². The fraction of sp³-hybridized carbons (Fsp3) is 0.278. The van der Waals surface area contributed by atoms with Gasteiger partial charge in [-0.2, -0.15) is 0 Å². The minimum Gasteiger partial charge on any atom is -0.344 e. The van der Waals surface area contributed by atoms with E-state index in [1.54, 1.807) is 11.3 Å². The first-order valence-electron chi connectivity index (χ1n) is 7.73.